The summed E-state index contributed by atoms with van der Waals surface area (Å²) < 4.78 is 0. The van der Waals surface area contributed by atoms with E-state index in [1.165, 1.54) is 148 Å². The Morgan fingerprint density at radius 3 is 1.38 bits per heavy atom. The lowest BCUT2D eigenvalue weighted by Gasteiger charge is -2.23. The van der Waals surface area contributed by atoms with E-state index in [4.69, 9.17) is 0 Å². The fraction of sp³-hybridized carbons (Fsp3) is 0.919. The van der Waals surface area contributed by atoms with Gasteiger partial charge in [0.2, 0.25) is 5.91 Å². The van der Waals surface area contributed by atoms with Gasteiger partial charge in [-0.25, -0.2) is 0 Å². The molecule has 0 heterocycles. The van der Waals surface area contributed by atoms with Crippen molar-refractivity contribution in [2.75, 3.05) is 0 Å². The second kappa shape index (κ2) is 32.7. The molecule has 238 valence electrons. The molecule has 40 heavy (non-hydrogen) atoms. The summed E-state index contributed by atoms with van der Waals surface area (Å²) in [5.74, 6) is 0.125. The Kier molecular flexibility index (Phi) is 32.0. The Balaban J connectivity index is 3.57. The number of unbranched alkanes of at least 4 members (excludes halogenated alkanes) is 23. The number of aliphatic hydroxyl groups excluding tert-OH is 1. The van der Waals surface area contributed by atoms with Crippen LogP contribution in [0.5, 0.6) is 0 Å². The van der Waals surface area contributed by atoms with Crippen LogP contribution in [0.15, 0.2) is 12.2 Å². The van der Waals surface area contributed by atoms with Gasteiger partial charge in [-0.2, -0.15) is 0 Å². The number of aliphatic hydroxyl groups is 1. The molecule has 0 rings (SSSR count). The summed E-state index contributed by atoms with van der Waals surface area (Å²) in [6.45, 7) is 6.62. The normalized spacial score (nSPS) is 13.2. The predicted octanol–water partition coefficient (Wildman–Crippen LogP) is 11.8. The first-order valence-corrected chi connectivity index (χ1v) is 18.3. The first-order chi connectivity index (χ1) is 19.7. The van der Waals surface area contributed by atoms with E-state index < -0.39 is 6.10 Å². The summed E-state index contributed by atoms with van der Waals surface area (Å²) in [7, 11) is 0. The molecule has 1 amide bonds. The molecule has 2 unspecified atom stereocenters. The number of hydrogen-bond acceptors (Lipinski definition) is 2. The monoisotopic (exact) mass is 564 g/mol. The predicted molar refractivity (Wildman–Crippen MR) is 178 cm³/mol. The van der Waals surface area contributed by atoms with Crippen molar-refractivity contribution in [3.63, 3.8) is 0 Å². The number of nitrogens with one attached hydrogen (secondary N) is 1. The second-order valence-corrected chi connectivity index (χ2v) is 12.5. The highest BCUT2D eigenvalue weighted by Gasteiger charge is 2.18. The van der Waals surface area contributed by atoms with E-state index >= 15 is 0 Å². The van der Waals surface area contributed by atoms with Crippen molar-refractivity contribution in [2.45, 2.75) is 219 Å². The van der Waals surface area contributed by atoms with Gasteiger partial charge in [0, 0.05) is 6.42 Å². The number of rotatable bonds is 32. The third kappa shape index (κ3) is 28.7. The van der Waals surface area contributed by atoms with Crippen LogP contribution in [-0.4, -0.2) is 23.2 Å². The highest BCUT2D eigenvalue weighted by Crippen LogP contribution is 2.15. The molecule has 0 aliphatic heterocycles. The average Bonchev–Trinajstić information content (AvgIpc) is 2.96. The van der Waals surface area contributed by atoms with Gasteiger partial charge < -0.3 is 10.4 Å². The zero-order chi connectivity index (χ0) is 29.4. The van der Waals surface area contributed by atoms with Crippen molar-refractivity contribution in [3.05, 3.63) is 12.2 Å². The molecule has 3 heteroatoms. The van der Waals surface area contributed by atoms with Gasteiger partial charge in [-0.15, -0.1) is 0 Å². The molecule has 0 aromatic carbocycles. The Hall–Kier alpha value is -0.830. The molecule has 3 nitrogen and oxygen atoms in total. The van der Waals surface area contributed by atoms with E-state index in [1.807, 2.05) is 0 Å². The fourth-order valence-corrected chi connectivity index (χ4v) is 5.68. The van der Waals surface area contributed by atoms with Crippen LogP contribution in [0, 0.1) is 0 Å². The maximum atomic E-state index is 12.4. The SMILES string of the molecule is CCCCCC/C=C\CCCCCCCCCC(O)C(CC)NC(=O)CCCCCCCCCCCCCCC. The molecule has 0 saturated heterocycles. The lowest BCUT2D eigenvalue weighted by atomic mass is 10.00. The van der Waals surface area contributed by atoms with E-state index in [2.05, 4.69) is 38.2 Å². The topological polar surface area (TPSA) is 49.3 Å². The van der Waals surface area contributed by atoms with Crippen LogP contribution in [0.2, 0.25) is 0 Å². The molecule has 0 aliphatic carbocycles. The minimum Gasteiger partial charge on any atom is -0.391 e. The van der Waals surface area contributed by atoms with Gasteiger partial charge in [0.15, 0.2) is 0 Å². The zero-order valence-corrected chi connectivity index (χ0v) is 27.7. The Labute approximate surface area is 252 Å². The van der Waals surface area contributed by atoms with Gasteiger partial charge in [0.25, 0.3) is 0 Å². The molecule has 2 N–H and O–H groups in total. The summed E-state index contributed by atoms with van der Waals surface area (Å²) >= 11 is 0. The molecule has 0 aromatic rings. The molecule has 0 fully saturated rings. The lowest BCUT2D eigenvalue weighted by Crippen LogP contribution is -2.42. The zero-order valence-electron chi connectivity index (χ0n) is 27.7. The molecule has 0 radical (unpaired) electrons. The minimum absolute atomic E-state index is 0.0887. The summed E-state index contributed by atoms with van der Waals surface area (Å²) in [4.78, 5) is 12.4. The van der Waals surface area contributed by atoms with Crippen LogP contribution in [-0.2, 0) is 4.79 Å². The Bertz CT molecular complexity index is 532. The molecule has 0 saturated carbocycles. The first kappa shape index (κ1) is 39.2. The summed E-state index contributed by atoms with van der Waals surface area (Å²) in [6.07, 6.45) is 40.5. The quantitative estimate of drug-likeness (QED) is 0.0631. The van der Waals surface area contributed by atoms with E-state index in [0.717, 1.165) is 32.1 Å². The number of carbonyl (C=O) groups is 1. The van der Waals surface area contributed by atoms with Gasteiger partial charge >= 0.3 is 0 Å². The van der Waals surface area contributed by atoms with E-state index in [-0.39, 0.29) is 11.9 Å². The van der Waals surface area contributed by atoms with Crippen LogP contribution in [0.1, 0.15) is 207 Å². The highest BCUT2D eigenvalue weighted by molar-refractivity contribution is 5.76. The van der Waals surface area contributed by atoms with Gasteiger partial charge in [-0.1, -0.05) is 168 Å². The fourth-order valence-electron chi connectivity index (χ4n) is 5.68. The van der Waals surface area contributed by atoms with Gasteiger partial charge in [0.05, 0.1) is 12.1 Å². The molecule has 0 bridgehead atoms. The summed E-state index contributed by atoms with van der Waals surface area (Å²) in [5.41, 5.74) is 0. The average molecular weight is 564 g/mol. The maximum absolute atomic E-state index is 12.4. The third-order valence-electron chi connectivity index (χ3n) is 8.52. The number of hydrogen-bond donors (Lipinski definition) is 2. The van der Waals surface area contributed by atoms with E-state index in [1.54, 1.807) is 0 Å². The smallest absolute Gasteiger partial charge is 0.220 e. The van der Waals surface area contributed by atoms with Crippen molar-refractivity contribution >= 4 is 5.91 Å². The molecule has 0 aromatic heterocycles. The van der Waals surface area contributed by atoms with Gasteiger partial charge in [0.1, 0.15) is 0 Å². The number of allylic oxidation sites excluding steroid dienone is 2. The van der Waals surface area contributed by atoms with Crippen LogP contribution < -0.4 is 5.32 Å². The minimum atomic E-state index is -0.408. The maximum Gasteiger partial charge on any atom is 0.220 e. The van der Waals surface area contributed by atoms with Crippen LogP contribution in [0.25, 0.3) is 0 Å². The van der Waals surface area contributed by atoms with E-state index in [9.17, 15) is 9.90 Å². The van der Waals surface area contributed by atoms with Crippen molar-refractivity contribution in [1.29, 1.82) is 0 Å². The summed E-state index contributed by atoms with van der Waals surface area (Å²) in [5, 5.41) is 13.7. The third-order valence-corrected chi connectivity index (χ3v) is 8.52. The molecule has 0 aliphatic rings. The lowest BCUT2D eigenvalue weighted by molar-refractivity contribution is -0.122. The molecule has 0 spiro atoms. The van der Waals surface area contributed by atoms with Crippen molar-refractivity contribution < 1.29 is 9.90 Å². The van der Waals surface area contributed by atoms with Crippen LogP contribution >= 0.6 is 0 Å². The Morgan fingerprint density at radius 1 is 0.550 bits per heavy atom. The van der Waals surface area contributed by atoms with Gasteiger partial charge in [-0.3, -0.25) is 4.79 Å². The molecular weight excluding hydrogens is 490 g/mol. The largest absolute Gasteiger partial charge is 0.391 e. The van der Waals surface area contributed by atoms with Crippen LogP contribution in [0.3, 0.4) is 0 Å². The number of amides is 1. The number of carbonyl (C=O) groups excluding carboxylic acids is 1. The highest BCUT2D eigenvalue weighted by atomic mass is 16.3. The first-order valence-electron chi connectivity index (χ1n) is 18.3. The molecule has 2 atom stereocenters. The van der Waals surface area contributed by atoms with Crippen molar-refractivity contribution in [1.82, 2.24) is 5.32 Å². The Morgan fingerprint density at radius 2 is 0.925 bits per heavy atom. The van der Waals surface area contributed by atoms with Crippen molar-refractivity contribution in [3.8, 4) is 0 Å². The van der Waals surface area contributed by atoms with E-state index in [0.29, 0.717) is 6.42 Å². The second-order valence-electron chi connectivity index (χ2n) is 12.5. The summed E-state index contributed by atoms with van der Waals surface area (Å²) in [6, 6.07) is -0.0887. The molecular formula is C37H73NO2. The standard InChI is InChI=1S/C37H73NO2/c1-4-7-9-11-13-15-17-19-20-22-23-25-27-29-31-33-36(39)35(6-3)38-37(40)34-32-30-28-26-24-21-18-16-14-12-10-8-5-2/h15,17,35-36,39H,4-14,16,18-34H2,1-3H3,(H,38,40)/b17-15-. The van der Waals surface area contributed by atoms with Crippen molar-refractivity contribution in [2.24, 2.45) is 0 Å². The van der Waals surface area contributed by atoms with Crippen LogP contribution in [0.4, 0.5) is 0 Å². The van der Waals surface area contributed by atoms with Gasteiger partial charge in [-0.05, 0) is 44.9 Å².